The summed E-state index contributed by atoms with van der Waals surface area (Å²) in [6.07, 6.45) is 1.41. The Morgan fingerprint density at radius 2 is 1.58 bits per heavy atom. The minimum Gasteiger partial charge on any atom is -0.497 e. The average Bonchev–Trinajstić information content (AvgIpc) is 2.88. The summed E-state index contributed by atoms with van der Waals surface area (Å²) in [6, 6.07) is 20.3. The van der Waals surface area contributed by atoms with E-state index in [1.165, 1.54) is 6.08 Å². The van der Waals surface area contributed by atoms with E-state index in [2.05, 4.69) is 10.6 Å². The third kappa shape index (κ3) is 7.52. The maximum atomic E-state index is 12.5. The van der Waals surface area contributed by atoms with E-state index in [9.17, 15) is 14.9 Å². The molecular formula is C27H24ClN3O5. The zero-order valence-electron chi connectivity index (χ0n) is 19.7. The summed E-state index contributed by atoms with van der Waals surface area (Å²) < 4.78 is 16.0. The van der Waals surface area contributed by atoms with Crippen LogP contribution >= 0.6 is 11.6 Å². The number of benzene rings is 3. The van der Waals surface area contributed by atoms with Gasteiger partial charge < -0.3 is 24.8 Å². The van der Waals surface area contributed by atoms with Gasteiger partial charge in [0.25, 0.3) is 11.8 Å². The van der Waals surface area contributed by atoms with Crippen molar-refractivity contribution in [3.05, 3.63) is 82.9 Å². The van der Waals surface area contributed by atoms with Crippen LogP contribution in [0.25, 0.3) is 6.08 Å². The lowest BCUT2D eigenvalue weighted by Crippen LogP contribution is -2.20. The number of halogens is 1. The predicted molar refractivity (Wildman–Crippen MR) is 138 cm³/mol. The second kappa shape index (κ2) is 12.8. The van der Waals surface area contributed by atoms with Gasteiger partial charge in [0.15, 0.2) is 6.61 Å². The highest BCUT2D eigenvalue weighted by Gasteiger charge is 2.12. The second-order valence-corrected chi connectivity index (χ2v) is 7.74. The van der Waals surface area contributed by atoms with Gasteiger partial charge in [-0.2, -0.15) is 5.26 Å². The van der Waals surface area contributed by atoms with E-state index in [0.717, 1.165) is 0 Å². The second-order valence-electron chi connectivity index (χ2n) is 7.34. The molecule has 0 saturated carbocycles. The molecule has 0 spiro atoms. The van der Waals surface area contributed by atoms with Crippen molar-refractivity contribution in [1.82, 2.24) is 0 Å². The Balaban J connectivity index is 1.59. The summed E-state index contributed by atoms with van der Waals surface area (Å²) in [7, 11) is 1.56. The summed E-state index contributed by atoms with van der Waals surface area (Å²) in [5.74, 6) is 0.724. The van der Waals surface area contributed by atoms with Crippen LogP contribution in [0.1, 0.15) is 12.5 Å². The number of anilines is 2. The van der Waals surface area contributed by atoms with Gasteiger partial charge >= 0.3 is 0 Å². The van der Waals surface area contributed by atoms with E-state index < -0.39 is 5.91 Å². The number of carbonyl (C=O) groups excluding carboxylic acids is 2. The minimum absolute atomic E-state index is 0.104. The maximum Gasteiger partial charge on any atom is 0.266 e. The molecule has 0 aliphatic rings. The highest BCUT2D eigenvalue weighted by atomic mass is 35.5. The molecule has 36 heavy (non-hydrogen) atoms. The number of amides is 2. The van der Waals surface area contributed by atoms with Crippen LogP contribution in [0.4, 0.5) is 11.4 Å². The topological polar surface area (TPSA) is 110 Å². The first-order valence-electron chi connectivity index (χ1n) is 10.9. The normalized spacial score (nSPS) is 10.7. The average molecular weight is 506 g/mol. The van der Waals surface area contributed by atoms with Crippen molar-refractivity contribution in [3.63, 3.8) is 0 Å². The molecule has 0 atom stereocenters. The number of hydrogen-bond acceptors (Lipinski definition) is 6. The number of nitriles is 1. The molecule has 0 aliphatic carbocycles. The highest BCUT2D eigenvalue weighted by molar-refractivity contribution is 6.32. The van der Waals surface area contributed by atoms with Crippen molar-refractivity contribution in [2.75, 3.05) is 31.0 Å². The molecule has 184 valence electrons. The van der Waals surface area contributed by atoms with E-state index in [4.69, 9.17) is 25.8 Å². The van der Waals surface area contributed by atoms with E-state index in [1.54, 1.807) is 73.8 Å². The van der Waals surface area contributed by atoms with Gasteiger partial charge in [0.2, 0.25) is 0 Å². The van der Waals surface area contributed by atoms with Gasteiger partial charge in [0, 0.05) is 11.4 Å². The smallest absolute Gasteiger partial charge is 0.266 e. The zero-order valence-corrected chi connectivity index (χ0v) is 20.5. The van der Waals surface area contributed by atoms with Crippen molar-refractivity contribution < 1.29 is 23.8 Å². The molecule has 0 heterocycles. The van der Waals surface area contributed by atoms with Crippen LogP contribution in [0, 0.1) is 11.3 Å². The molecule has 0 saturated heterocycles. The number of methoxy groups -OCH3 is 1. The summed E-state index contributed by atoms with van der Waals surface area (Å²) in [6.45, 7) is 2.16. The summed E-state index contributed by atoms with van der Waals surface area (Å²) in [5.41, 5.74) is 1.55. The molecule has 2 amide bonds. The predicted octanol–water partition coefficient (Wildman–Crippen LogP) is 5.31. The number of nitrogens with zero attached hydrogens (tertiary/aromatic N) is 1. The SMILES string of the molecule is CCOc1ccc(NC(=O)/C(C#N)=C/c2ccc(OCC(=O)Nc3ccc(OC)cc3)c(Cl)c2)cc1. The molecule has 8 nitrogen and oxygen atoms in total. The quantitative estimate of drug-likeness (QED) is 0.285. The molecule has 3 aromatic carbocycles. The fraction of sp³-hybridized carbons (Fsp3) is 0.148. The van der Waals surface area contributed by atoms with Gasteiger partial charge in [0.1, 0.15) is 28.9 Å². The third-order valence-electron chi connectivity index (χ3n) is 4.79. The number of nitrogens with one attached hydrogen (secondary N) is 2. The third-order valence-corrected chi connectivity index (χ3v) is 5.08. The van der Waals surface area contributed by atoms with Crippen molar-refractivity contribution in [1.29, 1.82) is 5.26 Å². The Bertz CT molecular complexity index is 1280. The van der Waals surface area contributed by atoms with Gasteiger partial charge in [-0.25, -0.2) is 0 Å². The summed E-state index contributed by atoms with van der Waals surface area (Å²) in [5, 5.41) is 15.1. The summed E-state index contributed by atoms with van der Waals surface area (Å²) >= 11 is 6.29. The Morgan fingerprint density at radius 3 is 2.17 bits per heavy atom. The monoisotopic (exact) mass is 505 g/mol. The zero-order chi connectivity index (χ0) is 25.9. The molecule has 3 rings (SSSR count). The Hall–Kier alpha value is -4.48. The molecule has 2 N–H and O–H groups in total. The Kier molecular flexibility index (Phi) is 9.32. The fourth-order valence-electron chi connectivity index (χ4n) is 3.05. The Labute approximate surface area is 214 Å². The molecule has 0 fully saturated rings. The first-order chi connectivity index (χ1) is 17.4. The van der Waals surface area contributed by atoms with Crippen molar-refractivity contribution >= 4 is 40.9 Å². The van der Waals surface area contributed by atoms with Gasteiger partial charge in [-0.15, -0.1) is 0 Å². The lowest BCUT2D eigenvalue weighted by molar-refractivity contribution is -0.118. The molecular weight excluding hydrogens is 482 g/mol. The Morgan fingerprint density at radius 1 is 0.944 bits per heavy atom. The van der Waals surface area contributed by atoms with Crippen LogP contribution in [-0.2, 0) is 9.59 Å². The molecule has 0 unspecified atom stereocenters. The largest absolute Gasteiger partial charge is 0.497 e. The molecule has 9 heteroatoms. The molecule has 0 aliphatic heterocycles. The lowest BCUT2D eigenvalue weighted by atomic mass is 10.1. The van der Waals surface area contributed by atoms with Crippen molar-refractivity contribution in [2.24, 2.45) is 0 Å². The van der Waals surface area contributed by atoms with Crippen LogP contribution in [0.15, 0.2) is 72.3 Å². The fourth-order valence-corrected chi connectivity index (χ4v) is 3.30. The van der Waals surface area contributed by atoms with E-state index >= 15 is 0 Å². The van der Waals surface area contributed by atoms with Gasteiger partial charge in [0.05, 0.1) is 18.7 Å². The number of ether oxygens (including phenoxy) is 3. The molecule has 0 radical (unpaired) electrons. The van der Waals surface area contributed by atoms with Gasteiger partial charge in [-0.3, -0.25) is 9.59 Å². The van der Waals surface area contributed by atoms with Crippen LogP contribution in [0.2, 0.25) is 5.02 Å². The van der Waals surface area contributed by atoms with Crippen molar-refractivity contribution in [2.45, 2.75) is 6.92 Å². The van der Waals surface area contributed by atoms with Crippen molar-refractivity contribution in [3.8, 4) is 23.3 Å². The van der Waals surface area contributed by atoms with Crippen LogP contribution in [0.5, 0.6) is 17.2 Å². The van der Waals surface area contributed by atoms with E-state index in [0.29, 0.717) is 35.0 Å². The van der Waals surface area contributed by atoms with Crippen LogP contribution < -0.4 is 24.8 Å². The molecule has 0 aromatic heterocycles. The molecule has 0 bridgehead atoms. The van der Waals surface area contributed by atoms with Crippen LogP contribution in [0.3, 0.4) is 0 Å². The summed E-state index contributed by atoms with van der Waals surface area (Å²) in [4.78, 5) is 24.7. The minimum atomic E-state index is -0.562. The van der Waals surface area contributed by atoms with E-state index in [-0.39, 0.29) is 28.9 Å². The van der Waals surface area contributed by atoms with E-state index in [1.807, 2.05) is 13.0 Å². The highest BCUT2D eigenvalue weighted by Crippen LogP contribution is 2.27. The number of rotatable bonds is 10. The first-order valence-corrected chi connectivity index (χ1v) is 11.3. The standard InChI is InChI=1S/C27H24ClN3O5/c1-3-35-23-11-7-21(8-12-23)31-27(33)19(16-29)14-18-4-13-25(24(28)15-18)36-17-26(32)30-20-5-9-22(34-2)10-6-20/h4-15H,3,17H2,1-2H3,(H,30,32)(H,31,33)/b19-14+. The van der Waals surface area contributed by atoms with Gasteiger partial charge in [-0.05, 0) is 79.2 Å². The van der Waals surface area contributed by atoms with Crippen LogP contribution in [-0.4, -0.2) is 32.1 Å². The number of hydrogen-bond donors (Lipinski definition) is 2. The first kappa shape index (κ1) is 26.1. The van der Waals surface area contributed by atoms with Gasteiger partial charge in [-0.1, -0.05) is 17.7 Å². The maximum absolute atomic E-state index is 12.5. The molecule has 3 aromatic rings. The number of carbonyl (C=O) groups is 2. The lowest BCUT2D eigenvalue weighted by Gasteiger charge is -2.10.